The van der Waals surface area contributed by atoms with Crippen LogP contribution in [0.2, 0.25) is 0 Å². The number of carbonyl (C=O) groups is 1. The Kier molecular flexibility index (Phi) is 5.84. The number of hydrogen-bond donors (Lipinski definition) is 3. The van der Waals surface area contributed by atoms with Crippen molar-refractivity contribution in [3.05, 3.63) is 36.2 Å². The van der Waals surface area contributed by atoms with Gasteiger partial charge in [-0.25, -0.2) is 28.1 Å². The first-order chi connectivity index (χ1) is 17.5. The van der Waals surface area contributed by atoms with E-state index in [-0.39, 0.29) is 31.3 Å². The summed E-state index contributed by atoms with van der Waals surface area (Å²) in [6.07, 6.45) is -0.668. The molecule has 2 aliphatic heterocycles. The Hall–Kier alpha value is -3.51. The summed E-state index contributed by atoms with van der Waals surface area (Å²) in [7, 11) is 1.78. The van der Waals surface area contributed by atoms with E-state index in [4.69, 9.17) is 9.47 Å². The summed E-state index contributed by atoms with van der Waals surface area (Å²) in [5, 5.41) is 9.48. The van der Waals surface area contributed by atoms with Crippen molar-refractivity contribution in [3.63, 3.8) is 0 Å². The third-order valence-electron chi connectivity index (χ3n) is 6.97. The highest BCUT2D eigenvalue weighted by atomic mass is 19.3. The minimum absolute atomic E-state index is 0.103. The standard InChI is InChI=1S/C24H27F2N7O3/c1-27-17-9-20-29-14-6-13(7-15(8-14)32-4-5-35-19(10-32)22(25)26)11-36-18-3-2-16(18)30-24(34)33-12-28-21(17)23(33)31-20/h6-9,12,16,18-19,22H,2-5,10-11H2,1H3,(H,30,34)(H2,27,29,31)/t16-,18-,19-/m1/s1. The largest absolute Gasteiger partial charge is 0.386 e. The fraction of sp³-hybridized carbons (Fsp3) is 0.458. The van der Waals surface area contributed by atoms with E-state index in [9.17, 15) is 13.6 Å². The molecule has 2 aromatic heterocycles. The summed E-state index contributed by atoms with van der Waals surface area (Å²) in [4.78, 5) is 24.0. The summed E-state index contributed by atoms with van der Waals surface area (Å²) in [6.45, 7) is 1.17. The second kappa shape index (κ2) is 9.17. The van der Waals surface area contributed by atoms with Gasteiger partial charge in [-0.05, 0) is 36.6 Å². The Morgan fingerprint density at radius 1 is 1.19 bits per heavy atom. The molecule has 1 saturated carbocycles. The first kappa shape index (κ1) is 22.9. The Morgan fingerprint density at radius 2 is 2.08 bits per heavy atom. The summed E-state index contributed by atoms with van der Waals surface area (Å²) in [5.41, 5.74) is 4.14. The third kappa shape index (κ3) is 4.20. The van der Waals surface area contributed by atoms with E-state index < -0.39 is 12.5 Å². The number of amides is 1. The van der Waals surface area contributed by atoms with Gasteiger partial charge in [-0.15, -0.1) is 0 Å². The van der Waals surface area contributed by atoms with Crippen molar-refractivity contribution in [2.24, 2.45) is 0 Å². The Morgan fingerprint density at radius 3 is 2.86 bits per heavy atom. The molecule has 3 atom stereocenters. The molecule has 4 bridgehead atoms. The Bertz CT molecular complexity index is 1300. The molecule has 3 aromatic rings. The molecule has 2 fully saturated rings. The molecule has 12 heteroatoms. The molecule has 190 valence electrons. The maximum Gasteiger partial charge on any atom is 0.328 e. The lowest BCUT2D eigenvalue weighted by atomic mass is 9.89. The van der Waals surface area contributed by atoms with Crippen LogP contribution in [0.25, 0.3) is 11.2 Å². The van der Waals surface area contributed by atoms with Crippen LogP contribution in [-0.2, 0) is 16.1 Å². The molecule has 3 aliphatic rings. The number of morpholine rings is 1. The van der Waals surface area contributed by atoms with E-state index in [2.05, 4.69) is 25.9 Å². The van der Waals surface area contributed by atoms with Crippen LogP contribution < -0.4 is 20.9 Å². The van der Waals surface area contributed by atoms with E-state index in [1.54, 1.807) is 7.05 Å². The smallest absolute Gasteiger partial charge is 0.328 e. The molecule has 4 heterocycles. The highest BCUT2D eigenvalue weighted by molar-refractivity contribution is 5.94. The Balaban J connectivity index is 1.42. The molecule has 1 saturated heterocycles. The van der Waals surface area contributed by atoms with Crippen LogP contribution >= 0.6 is 0 Å². The molecule has 1 aliphatic carbocycles. The highest BCUT2D eigenvalue weighted by Crippen LogP contribution is 2.32. The molecule has 1 aromatic carbocycles. The number of alkyl halides is 2. The summed E-state index contributed by atoms with van der Waals surface area (Å²) in [5.74, 6) is 0.511. The average molecular weight is 500 g/mol. The van der Waals surface area contributed by atoms with Gasteiger partial charge in [0.25, 0.3) is 6.43 Å². The van der Waals surface area contributed by atoms with Gasteiger partial charge in [0.1, 0.15) is 23.8 Å². The van der Waals surface area contributed by atoms with E-state index in [1.807, 2.05) is 29.2 Å². The minimum atomic E-state index is -2.55. The number of imidazole rings is 1. The number of hydrogen-bond acceptors (Lipinski definition) is 8. The van der Waals surface area contributed by atoms with Crippen molar-refractivity contribution in [1.82, 2.24) is 19.9 Å². The van der Waals surface area contributed by atoms with Gasteiger partial charge in [-0.3, -0.25) is 0 Å². The predicted octanol–water partition coefficient (Wildman–Crippen LogP) is 3.31. The van der Waals surface area contributed by atoms with E-state index >= 15 is 0 Å². The van der Waals surface area contributed by atoms with Crippen LogP contribution in [0.4, 0.5) is 36.5 Å². The number of nitrogens with one attached hydrogen (secondary N) is 3. The fourth-order valence-corrected chi connectivity index (χ4v) is 4.88. The molecular formula is C24H27F2N7O3. The van der Waals surface area contributed by atoms with Gasteiger partial charge in [0.15, 0.2) is 5.65 Å². The second-order valence-corrected chi connectivity index (χ2v) is 9.28. The SMILES string of the molecule is CNc1cc2nc3c1ncn3C(=O)N[C@@H]1CC[C@H]1OCc1cc(cc(N3CCO[C@@H](C(F)F)C3)c1)N2. The van der Waals surface area contributed by atoms with Crippen LogP contribution in [-0.4, -0.2) is 72.0 Å². The van der Waals surface area contributed by atoms with Crippen LogP contribution in [0.3, 0.4) is 0 Å². The molecule has 0 radical (unpaired) electrons. The molecule has 3 N–H and O–H groups in total. The lowest BCUT2D eigenvalue weighted by Gasteiger charge is -2.37. The topological polar surface area (TPSA) is 106 Å². The average Bonchev–Trinajstić information content (AvgIpc) is 3.29. The van der Waals surface area contributed by atoms with Crippen LogP contribution in [0.15, 0.2) is 30.6 Å². The van der Waals surface area contributed by atoms with Crippen LogP contribution in [0.1, 0.15) is 18.4 Å². The lowest BCUT2D eigenvalue weighted by molar-refractivity contribution is -0.0614. The molecule has 0 unspecified atom stereocenters. The number of ether oxygens (including phenoxy) is 2. The maximum atomic E-state index is 13.4. The van der Waals surface area contributed by atoms with Crippen LogP contribution in [0, 0.1) is 0 Å². The summed E-state index contributed by atoms with van der Waals surface area (Å²) >= 11 is 0. The Labute approximate surface area is 206 Å². The third-order valence-corrected chi connectivity index (χ3v) is 6.97. The number of anilines is 4. The van der Waals surface area contributed by atoms with Gasteiger partial charge in [-0.2, -0.15) is 0 Å². The molecule has 0 spiro atoms. The van der Waals surface area contributed by atoms with E-state index in [0.717, 1.165) is 35.5 Å². The van der Waals surface area contributed by atoms with Gasteiger partial charge in [-0.1, -0.05) is 0 Å². The molecule has 36 heavy (non-hydrogen) atoms. The summed E-state index contributed by atoms with van der Waals surface area (Å²) in [6, 6.07) is 7.23. The van der Waals surface area contributed by atoms with Crippen molar-refractivity contribution >= 4 is 40.1 Å². The quantitative estimate of drug-likeness (QED) is 0.504. The fourth-order valence-electron chi connectivity index (χ4n) is 4.88. The van der Waals surface area contributed by atoms with E-state index in [1.165, 1.54) is 10.9 Å². The molecule has 6 rings (SSSR count). The van der Waals surface area contributed by atoms with Gasteiger partial charge in [0.05, 0.1) is 31.0 Å². The zero-order chi connectivity index (χ0) is 24.8. The molecular weight excluding hydrogens is 472 g/mol. The van der Waals surface area contributed by atoms with Crippen molar-refractivity contribution in [2.45, 2.75) is 44.1 Å². The van der Waals surface area contributed by atoms with Gasteiger partial charge < -0.3 is 30.3 Å². The first-order valence-corrected chi connectivity index (χ1v) is 12.0. The number of fused-ring (bicyclic) bond motifs is 4. The molecule has 10 nitrogen and oxygen atoms in total. The minimum Gasteiger partial charge on any atom is -0.386 e. The normalized spacial score (nSPS) is 24.1. The number of benzene rings is 1. The van der Waals surface area contributed by atoms with Gasteiger partial charge in [0, 0.05) is 37.6 Å². The number of pyridine rings is 1. The predicted molar refractivity (Wildman–Crippen MR) is 130 cm³/mol. The number of carbonyl (C=O) groups excluding carboxylic acids is 1. The highest BCUT2D eigenvalue weighted by Gasteiger charge is 2.34. The first-order valence-electron chi connectivity index (χ1n) is 12.0. The van der Waals surface area contributed by atoms with Crippen molar-refractivity contribution < 1.29 is 23.0 Å². The van der Waals surface area contributed by atoms with Gasteiger partial charge in [0.2, 0.25) is 0 Å². The van der Waals surface area contributed by atoms with Crippen molar-refractivity contribution in [1.29, 1.82) is 0 Å². The number of nitrogens with zero attached hydrogens (tertiary/aromatic N) is 4. The number of rotatable bonds is 3. The maximum absolute atomic E-state index is 13.4. The van der Waals surface area contributed by atoms with E-state index in [0.29, 0.717) is 30.1 Å². The zero-order valence-electron chi connectivity index (χ0n) is 19.7. The second-order valence-electron chi connectivity index (χ2n) is 9.28. The lowest BCUT2D eigenvalue weighted by Crippen LogP contribution is -2.52. The van der Waals surface area contributed by atoms with Gasteiger partial charge >= 0.3 is 6.03 Å². The summed E-state index contributed by atoms with van der Waals surface area (Å²) < 4.78 is 39.5. The number of aromatic nitrogens is 3. The zero-order valence-corrected chi connectivity index (χ0v) is 19.7. The van der Waals surface area contributed by atoms with Crippen molar-refractivity contribution in [2.75, 3.05) is 42.3 Å². The van der Waals surface area contributed by atoms with Crippen LogP contribution in [0.5, 0.6) is 0 Å². The number of halogens is 2. The van der Waals surface area contributed by atoms with Crippen molar-refractivity contribution in [3.8, 4) is 0 Å². The molecule has 1 amide bonds. The monoisotopic (exact) mass is 499 g/mol.